The van der Waals surface area contributed by atoms with Crippen LogP contribution in [0.5, 0.6) is 0 Å². The molecule has 0 spiro atoms. The van der Waals surface area contributed by atoms with Crippen molar-refractivity contribution in [3.05, 3.63) is 40.0 Å². The van der Waals surface area contributed by atoms with Gasteiger partial charge in [-0.25, -0.2) is 0 Å². The lowest BCUT2D eigenvalue weighted by atomic mass is 10.1. The first-order valence-electron chi connectivity index (χ1n) is 6.13. The van der Waals surface area contributed by atoms with E-state index >= 15 is 0 Å². The molecule has 2 aromatic rings. The lowest BCUT2D eigenvalue weighted by Gasteiger charge is -2.22. The quantitative estimate of drug-likeness (QED) is 0.818. The van der Waals surface area contributed by atoms with Gasteiger partial charge in [0.2, 0.25) is 0 Å². The second-order valence-corrected chi connectivity index (χ2v) is 6.55. The van der Waals surface area contributed by atoms with Crippen LogP contribution in [0, 0.1) is 13.8 Å². The van der Waals surface area contributed by atoms with Crippen LogP contribution in [0.2, 0.25) is 0 Å². The van der Waals surface area contributed by atoms with Gasteiger partial charge in [0.15, 0.2) is 0 Å². The molecule has 2 nitrogen and oxygen atoms in total. The van der Waals surface area contributed by atoms with Gasteiger partial charge in [-0.1, -0.05) is 6.92 Å². The molecule has 0 saturated carbocycles. The number of rotatable bonds is 5. The Hall–Kier alpha value is -0.710. The molecule has 4 heteroatoms. The number of hydrogen-bond donors (Lipinski definition) is 1. The Balaban J connectivity index is 2.27. The summed E-state index contributed by atoms with van der Waals surface area (Å²) in [6.07, 6.45) is 2.72. The van der Waals surface area contributed by atoms with E-state index in [9.17, 15) is 0 Å². The number of nitrogens with two attached hydrogens (primary N) is 1. The second kappa shape index (κ2) is 5.95. The van der Waals surface area contributed by atoms with Crippen LogP contribution in [-0.2, 0) is 0 Å². The highest BCUT2D eigenvalue weighted by Gasteiger charge is 2.23. The molecular formula is C14H19NOS2. The van der Waals surface area contributed by atoms with E-state index in [1.165, 1.54) is 15.3 Å². The van der Waals surface area contributed by atoms with Crippen LogP contribution in [0.3, 0.4) is 0 Å². The fourth-order valence-electron chi connectivity index (χ4n) is 1.86. The van der Waals surface area contributed by atoms with Gasteiger partial charge in [0, 0.05) is 15.8 Å². The van der Waals surface area contributed by atoms with E-state index in [0.717, 1.165) is 12.2 Å². The van der Waals surface area contributed by atoms with Crippen molar-refractivity contribution in [2.75, 3.05) is 0 Å². The first kappa shape index (κ1) is 13.7. The lowest BCUT2D eigenvalue weighted by molar-refractivity contribution is 0.526. The average molecular weight is 281 g/mol. The van der Waals surface area contributed by atoms with E-state index in [4.69, 9.17) is 10.2 Å². The molecule has 98 valence electrons. The summed E-state index contributed by atoms with van der Waals surface area (Å²) >= 11 is 3.62. The molecule has 0 fully saturated rings. The zero-order valence-electron chi connectivity index (χ0n) is 11.0. The average Bonchev–Trinajstić information content (AvgIpc) is 2.95. The molecule has 18 heavy (non-hydrogen) atoms. The molecule has 0 saturated heterocycles. The molecule has 2 atom stereocenters. The Kier molecular flexibility index (Phi) is 4.54. The standard InChI is InChI=1S/C14H19NOS2/c1-4-11(15)14(13-9(2)6-8-17-13)18-12-5-7-16-10(12)3/h5-8,11,14H,4,15H2,1-3H3. The van der Waals surface area contributed by atoms with Gasteiger partial charge < -0.3 is 10.2 Å². The van der Waals surface area contributed by atoms with E-state index in [1.807, 2.05) is 24.8 Å². The molecule has 0 aliphatic rings. The minimum Gasteiger partial charge on any atom is -0.468 e. The summed E-state index contributed by atoms with van der Waals surface area (Å²) in [4.78, 5) is 2.58. The van der Waals surface area contributed by atoms with Crippen LogP contribution in [0.4, 0.5) is 0 Å². The molecule has 2 aromatic heterocycles. The second-order valence-electron chi connectivity index (χ2n) is 4.42. The van der Waals surface area contributed by atoms with Crippen LogP contribution in [0.1, 0.15) is 34.8 Å². The molecule has 0 amide bonds. The molecule has 2 heterocycles. The molecule has 0 radical (unpaired) electrons. The van der Waals surface area contributed by atoms with Gasteiger partial charge in [-0.3, -0.25) is 0 Å². The number of thioether (sulfide) groups is 1. The smallest absolute Gasteiger partial charge is 0.114 e. The maximum Gasteiger partial charge on any atom is 0.114 e. The van der Waals surface area contributed by atoms with Crippen molar-refractivity contribution in [2.45, 2.75) is 43.4 Å². The van der Waals surface area contributed by atoms with Gasteiger partial charge >= 0.3 is 0 Å². The number of furan rings is 1. The van der Waals surface area contributed by atoms with Crippen molar-refractivity contribution in [2.24, 2.45) is 5.73 Å². The lowest BCUT2D eigenvalue weighted by Crippen LogP contribution is -2.25. The zero-order chi connectivity index (χ0) is 13.1. The van der Waals surface area contributed by atoms with Crippen molar-refractivity contribution in [1.82, 2.24) is 0 Å². The molecular weight excluding hydrogens is 262 g/mol. The Morgan fingerprint density at radius 2 is 2.17 bits per heavy atom. The van der Waals surface area contributed by atoms with E-state index < -0.39 is 0 Å². The summed E-state index contributed by atoms with van der Waals surface area (Å²) in [5.74, 6) is 0.975. The third-order valence-corrected chi connectivity index (χ3v) is 5.85. The Labute approximate surface area is 117 Å². The molecule has 0 aliphatic heterocycles. The van der Waals surface area contributed by atoms with Gasteiger partial charge in [-0.05, 0) is 43.3 Å². The van der Waals surface area contributed by atoms with Gasteiger partial charge in [-0.15, -0.1) is 23.1 Å². The van der Waals surface area contributed by atoms with Gasteiger partial charge in [-0.2, -0.15) is 0 Å². The molecule has 2 unspecified atom stereocenters. The summed E-state index contributed by atoms with van der Waals surface area (Å²) in [6, 6.07) is 4.36. The van der Waals surface area contributed by atoms with Crippen molar-refractivity contribution < 1.29 is 4.42 Å². The maximum atomic E-state index is 6.30. The molecule has 0 bridgehead atoms. The Bertz CT molecular complexity index is 503. The molecule has 2 rings (SSSR count). The van der Waals surface area contributed by atoms with E-state index in [-0.39, 0.29) is 6.04 Å². The Morgan fingerprint density at radius 3 is 2.67 bits per heavy atom. The van der Waals surface area contributed by atoms with Gasteiger partial charge in [0.25, 0.3) is 0 Å². The van der Waals surface area contributed by atoms with Gasteiger partial charge in [0.05, 0.1) is 11.5 Å². The zero-order valence-corrected chi connectivity index (χ0v) is 12.6. The highest BCUT2D eigenvalue weighted by Crippen LogP contribution is 2.42. The van der Waals surface area contributed by atoms with E-state index in [2.05, 4.69) is 25.3 Å². The fraction of sp³-hybridized carbons (Fsp3) is 0.429. The maximum absolute atomic E-state index is 6.30. The monoisotopic (exact) mass is 281 g/mol. The van der Waals surface area contributed by atoms with Crippen molar-refractivity contribution in [3.63, 3.8) is 0 Å². The minimum absolute atomic E-state index is 0.168. The summed E-state index contributed by atoms with van der Waals surface area (Å²) in [6.45, 7) is 6.30. The first-order valence-corrected chi connectivity index (χ1v) is 7.89. The van der Waals surface area contributed by atoms with Crippen molar-refractivity contribution in [1.29, 1.82) is 0 Å². The topological polar surface area (TPSA) is 39.2 Å². The summed E-state index contributed by atoms with van der Waals surface area (Å²) in [7, 11) is 0. The van der Waals surface area contributed by atoms with Crippen LogP contribution < -0.4 is 5.73 Å². The normalized spacial score (nSPS) is 14.7. The predicted molar refractivity (Wildman–Crippen MR) is 79.4 cm³/mol. The third kappa shape index (κ3) is 2.82. The fourth-order valence-corrected chi connectivity index (χ4v) is 4.43. The van der Waals surface area contributed by atoms with Gasteiger partial charge in [0.1, 0.15) is 5.76 Å². The number of thiophene rings is 1. The van der Waals surface area contributed by atoms with E-state index in [1.54, 1.807) is 17.6 Å². The first-order chi connectivity index (χ1) is 8.63. The van der Waals surface area contributed by atoms with Crippen molar-refractivity contribution in [3.8, 4) is 0 Å². The number of hydrogen-bond acceptors (Lipinski definition) is 4. The largest absolute Gasteiger partial charge is 0.468 e. The van der Waals surface area contributed by atoms with Crippen LogP contribution in [0.15, 0.2) is 33.1 Å². The highest BCUT2D eigenvalue weighted by atomic mass is 32.2. The van der Waals surface area contributed by atoms with Crippen molar-refractivity contribution >= 4 is 23.1 Å². The summed E-state index contributed by atoms with van der Waals surface area (Å²) < 4.78 is 5.37. The minimum atomic E-state index is 0.168. The molecule has 0 aromatic carbocycles. The van der Waals surface area contributed by atoms with Crippen LogP contribution >= 0.6 is 23.1 Å². The molecule has 2 N–H and O–H groups in total. The summed E-state index contributed by atoms with van der Waals surface area (Å²) in [5.41, 5.74) is 7.63. The molecule has 0 aliphatic carbocycles. The number of aryl methyl sites for hydroxylation is 2. The SMILES string of the molecule is CCC(N)C(Sc1ccoc1C)c1sccc1C. The predicted octanol–water partition coefficient (Wildman–Crippen LogP) is 4.53. The summed E-state index contributed by atoms with van der Waals surface area (Å²) in [5, 5.41) is 2.45. The highest BCUT2D eigenvalue weighted by molar-refractivity contribution is 7.99. The van der Waals surface area contributed by atoms with Crippen LogP contribution in [0.25, 0.3) is 0 Å². The van der Waals surface area contributed by atoms with E-state index in [0.29, 0.717) is 5.25 Å². The van der Waals surface area contributed by atoms with Crippen LogP contribution in [-0.4, -0.2) is 6.04 Å². The Morgan fingerprint density at radius 1 is 1.39 bits per heavy atom. The third-order valence-electron chi connectivity index (χ3n) is 3.09.